The Bertz CT molecular complexity index is 569. The summed E-state index contributed by atoms with van der Waals surface area (Å²) in [5.41, 5.74) is 2.33. The molecule has 0 saturated carbocycles. The Kier molecular flexibility index (Phi) is 3.90. The van der Waals surface area contributed by atoms with Gasteiger partial charge in [-0.25, -0.2) is 4.79 Å². The number of Topliss-reactive ketones (excluding diaryl/α,β-unsaturated/α-hetero) is 2. The quantitative estimate of drug-likeness (QED) is 0.468. The summed E-state index contributed by atoms with van der Waals surface area (Å²) in [6.45, 7) is 1.81. The lowest BCUT2D eigenvalue weighted by atomic mass is 10.1. The van der Waals surface area contributed by atoms with Gasteiger partial charge in [-0.05, 0) is 18.1 Å². The van der Waals surface area contributed by atoms with Gasteiger partial charge >= 0.3 is 5.97 Å². The van der Waals surface area contributed by atoms with Crippen LogP contribution in [0.4, 0.5) is 0 Å². The molecule has 19 heavy (non-hydrogen) atoms. The lowest BCUT2D eigenvalue weighted by Gasteiger charge is -2.00. The fourth-order valence-corrected chi connectivity index (χ4v) is 2.07. The monoisotopic (exact) mass is 258 g/mol. The number of carbonyl (C=O) groups excluding carboxylic acids is 3. The Morgan fingerprint density at radius 1 is 1.32 bits per heavy atom. The first-order chi connectivity index (χ1) is 9.13. The highest BCUT2D eigenvalue weighted by Gasteiger charge is 2.24. The third-order valence-corrected chi connectivity index (χ3v) is 2.95. The number of benzene rings is 1. The number of ether oxygens (including phenoxy) is 1. The summed E-state index contributed by atoms with van der Waals surface area (Å²) < 4.78 is 4.61. The van der Waals surface area contributed by atoms with Crippen LogP contribution in [0.1, 0.15) is 24.5 Å². The zero-order valence-corrected chi connectivity index (χ0v) is 10.6. The Balaban J connectivity index is 2.14. The second-order valence-electron chi connectivity index (χ2n) is 4.22. The zero-order chi connectivity index (χ0) is 13.8. The van der Waals surface area contributed by atoms with Gasteiger partial charge in [-0.15, -0.1) is 0 Å². The highest BCUT2D eigenvalue weighted by Crippen LogP contribution is 2.29. The van der Waals surface area contributed by atoms with E-state index in [4.69, 9.17) is 0 Å². The summed E-state index contributed by atoms with van der Waals surface area (Å²) in [6.07, 6.45) is 1.78. The van der Waals surface area contributed by atoms with Gasteiger partial charge in [0.1, 0.15) is 0 Å². The summed E-state index contributed by atoms with van der Waals surface area (Å²) in [4.78, 5) is 34.5. The molecule has 0 atom stereocenters. The predicted octanol–water partition coefficient (Wildman–Crippen LogP) is 1.72. The maximum absolute atomic E-state index is 11.8. The number of fused-ring (bicyclic) bond motifs is 1. The number of hydrogen-bond donors (Lipinski definition) is 0. The van der Waals surface area contributed by atoms with Crippen molar-refractivity contribution in [2.45, 2.75) is 19.8 Å². The molecule has 4 nitrogen and oxygen atoms in total. The summed E-state index contributed by atoms with van der Waals surface area (Å²) in [6, 6.07) is 7.46. The van der Waals surface area contributed by atoms with Gasteiger partial charge in [0.05, 0.1) is 6.61 Å². The van der Waals surface area contributed by atoms with E-state index in [1.54, 1.807) is 6.92 Å². The number of hydrogen-bond acceptors (Lipinski definition) is 4. The second-order valence-corrected chi connectivity index (χ2v) is 4.22. The van der Waals surface area contributed by atoms with Crippen LogP contribution in [-0.4, -0.2) is 24.1 Å². The smallest absolute Gasteiger partial charge is 0.374 e. The van der Waals surface area contributed by atoms with Gasteiger partial charge < -0.3 is 4.74 Å². The molecule has 0 unspecified atom stereocenters. The van der Waals surface area contributed by atoms with E-state index >= 15 is 0 Å². The number of ketones is 2. The molecule has 0 N–H and O–H groups in total. The average Bonchev–Trinajstić information content (AvgIpc) is 2.72. The van der Waals surface area contributed by atoms with Crippen molar-refractivity contribution in [3.05, 3.63) is 41.5 Å². The van der Waals surface area contributed by atoms with E-state index < -0.39 is 11.8 Å². The van der Waals surface area contributed by atoms with Crippen LogP contribution in [0.15, 0.2) is 30.3 Å². The molecule has 0 saturated heterocycles. The van der Waals surface area contributed by atoms with Crippen LogP contribution in [0.5, 0.6) is 0 Å². The van der Waals surface area contributed by atoms with Gasteiger partial charge in [0.25, 0.3) is 0 Å². The topological polar surface area (TPSA) is 60.4 Å². The van der Waals surface area contributed by atoms with E-state index in [9.17, 15) is 14.4 Å². The lowest BCUT2D eigenvalue weighted by molar-refractivity contribution is -0.153. The summed E-state index contributed by atoms with van der Waals surface area (Å²) >= 11 is 0. The Hall–Kier alpha value is -2.23. The molecular weight excluding hydrogens is 244 g/mol. The zero-order valence-electron chi connectivity index (χ0n) is 10.6. The molecule has 4 heteroatoms. The maximum atomic E-state index is 11.8. The average molecular weight is 258 g/mol. The Labute approximate surface area is 111 Å². The molecular formula is C15H14O4. The third-order valence-electron chi connectivity index (χ3n) is 2.95. The second kappa shape index (κ2) is 5.61. The largest absolute Gasteiger partial charge is 0.460 e. The molecule has 98 valence electrons. The van der Waals surface area contributed by atoms with Gasteiger partial charge in [0.2, 0.25) is 5.78 Å². The van der Waals surface area contributed by atoms with Crippen molar-refractivity contribution < 1.29 is 19.1 Å². The summed E-state index contributed by atoms with van der Waals surface area (Å²) in [5, 5.41) is 0. The third kappa shape index (κ3) is 2.78. The van der Waals surface area contributed by atoms with Gasteiger partial charge in [0.15, 0.2) is 5.78 Å². The Morgan fingerprint density at radius 3 is 2.79 bits per heavy atom. The first-order valence-electron chi connectivity index (χ1n) is 6.15. The van der Waals surface area contributed by atoms with Crippen molar-refractivity contribution in [3.8, 4) is 0 Å². The van der Waals surface area contributed by atoms with Gasteiger partial charge in [-0.3, -0.25) is 9.59 Å². The minimum Gasteiger partial charge on any atom is -0.460 e. The van der Waals surface area contributed by atoms with Crippen LogP contribution < -0.4 is 0 Å². The van der Waals surface area contributed by atoms with E-state index in [1.165, 1.54) is 6.08 Å². The molecule has 0 aliphatic heterocycles. The fourth-order valence-electron chi connectivity index (χ4n) is 2.07. The molecule has 0 radical (unpaired) electrons. The molecule has 2 rings (SSSR count). The number of esters is 1. The van der Waals surface area contributed by atoms with E-state index in [0.717, 1.165) is 11.1 Å². The van der Waals surface area contributed by atoms with Crippen LogP contribution in [0, 0.1) is 0 Å². The molecule has 1 aliphatic rings. The number of rotatable bonds is 4. The van der Waals surface area contributed by atoms with E-state index in [1.807, 2.05) is 24.3 Å². The van der Waals surface area contributed by atoms with Crippen LogP contribution in [0.3, 0.4) is 0 Å². The lowest BCUT2D eigenvalue weighted by Crippen LogP contribution is -2.16. The predicted molar refractivity (Wildman–Crippen MR) is 69.4 cm³/mol. The Morgan fingerprint density at radius 2 is 2.05 bits per heavy atom. The van der Waals surface area contributed by atoms with Gasteiger partial charge in [-0.2, -0.15) is 0 Å². The van der Waals surface area contributed by atoms with Gasteiger partial charge in [0, 0.05) is 18.4 Å². The highest BCUT2D eigenvalue weighted by molar-refractivity contribution is 6.34. The van der Waals surface area contributed by atoms with Crippen molar-refractivity contribution in [3.63, 3.8) is 0 Å². The van der Waals surface area contributed by atoms with Crippen LogP contribution >= 0.6 is 0 Å². The van der Waals surface area contributed by atoms with Gasteiger partial charge in [-0.1, -0.05) is 30.3 Å². The van der Waals surface area contributed by atoms with Crippen molar-refractivity contribution in [2.75, 3.05) is 6.61 Å². The normalized spacial score (nSPS) is 15.4. The summed E-state index contributed by atoms with van der Waals surface area (Å²) in [7, 11) is 0. The molecule has 1 aromatic carbocycles. The minimum atomic E-state index is -0.849. The fraction of sp³-hybridized carbons (Fsp3) is 0.267. The van der Waals surface area contributed by atoms with Crippen molar-refractivity contribution in [1.82, 2.24) is 0 Å². The summed E-state index contributed by atoms with van der Waals surface area (Å²) in [5.74, 6) is -1.50. The standard InChI is InChI=1S/C15H14O4/c1-2-19-15(18)13(16)8-7-12-11-6-4-3-5-10(11)9-14(12)17/h3-7H,2,8-9H2,1H3. The molecule has 0 spiro atoms. The number of carbonyl (C=O) groups is 3. The maximum Gasteiger partial charge on any atom is 0.374 e. The minimum absolute atomic E-state index is 0.0159. The van der Waals surface area contributed by atoms with E-state index in [-0.39, 0.29) is 18.8 Å². The van der Waals surface area contributed by atoms with Crippen LogP contribution in [-0.2, 0) is 25.5 Å². The SMILES string of the molecule is CCOC(=O)C(=O)CC=C1C(=O)Cc2ccccc21. The van der Waals surface area contributed by atoms with Crippen molar-refractivity contribution >= 4 is 23.1 Å². The van der Waals surface area contributed by atoms with E-state index in [2.05, 4.69) is 4.74 Å². The first-order valence-corrected chi connectivity index (χ1v) is 6.15. The first kappa shape index (κ1) is 13.2. The van der Waals surface area contributed by atoms with Crippen molar-refractivity contribution in [2.24, 2.45) is 0 Å². The highest BCUT2D eigenvalue weighted by atomic mass is 16.5. The van der Waals surface area contributed by atoms with E-state index in [0.29, 0.717) is 12.0 Å². The molecule has 1 aromatic rings. The molecule has 1 aliphatic carbocycles. The van der Waals surface area contributed by atoms with Crippen molar-refractivity contribution in [1.29, 1.82) is 0 Å². The number of allylic oxidation sites excluding steroid dienone is 2. The molecule has 0 heterocycles. The molecule has 0 fully saturated rings. The molecule has 0 bridgehead atoms. The van der Waals surface area contributed by atoms with Crippen LogP contribution in [0.2, 0.25) is 0 Å². The molecule has 0 aromatic heterocycles. The molecule has 0 amide bonds. The van der Waals surface area contributed by atoms with Crippen LogP contribution in [0.25, 0.3) is 5.57 Å².